The molecule has 0 aromatic heterocycles. The molecule has 2 heteroatoms. The second-order valence-electron chi connectivity index (χ2n) is 5.88. The van der Waals surface area contributed by atoms with Crippen LogP contribution in [0.25, 0.3) is 0 Å². The largest absolute Gasteiger partial charge is 0.359 e. The van der Waals surface area contributed by atoms with Crippen LogP contribution in [0.5, 0.6) is 0 Å². The third-order valence-electron chi connectivity index (χ3n) is 4.17. The number of nitrogens with one attached hydrogen (secondary N) is 1. The maximum Gasteiger partial charge on any atom is 0.225 e. The highest BCUT2D eigenvalue weighted by Gasteiger charge is 2.34. The van der Waals surface area contributed by atoms with Crippen LogP contribution in [0.4, 0.5) is 0 Å². The van der Waals surface area contributed by atoms with Crippen molar-refractivity contribution in [1.29, 1.82) is 0 Å². The lowest BCUT2D eigenvalue weighted by atomic mass is 9.74. The number of carbonyl (C=O) groups excluding carboxylic acids is 1. The molecule has 2 nitrogen and oxygen atoms in total. The van der Waals surface area contributed by atoms with Gasteiger partial charge in [0.05, 0.1) is 0 Å². The van der Waals surface area contributed by atoms with Gasteiger partial charge < -0.3 is 5.32 Å². The summed E-state index contributed by atoms with van der Waals surface area (Å²) in [5.74, 6) is 0.268. The van der Waals surface area contributed by atoms with Gasteiger partial charge in [0, 0.05) is 12.5 Å². The minimum absolute atomic E-state index is 0.0942. The lowest BCUT2D eigenvalue weighted by Crippen LogP contribution is -2.39. The molecule has 0 aromatic carbocycles. The molecule has 0 fully saturated rings. The van der Waals surface area contributed by atoms with E-state index in [1.807, 2.05) is 0 Å². The summed E-state index contributed by atoms with van der Waals surface area (Å²) in [5, 5.41) is 2.90. The molecule has 0 atom stereocenters. The summed E-state index contributed by atoms with van der Waals surface area (Å²) in [7, 11) is 1.78. The van der Waals surface area contributed by atoms with Gasteiger partial charge >= 0.3 is 0 Å². The summed E-state index contributed by atoms with van der Waals surface area (Å²) < 4.78 is 0. The van der Waals surface area contributed by atoms with Crippen molar-refractivity contribution in [3.8, 4) is 0 Å². The van der Waals surface area contributed by atoms with E-state index in [-0.39, 0.29) is 11.3 Å². The predicted molar refractivity (Wildman–Crippen MR) is 84.3 cm³/mol. The van der Waals surface area contributed by atoms with E-state index >= 15 is 0 Å². The summed E-state index contributed by atoms with van der Waals surface area (Å²) in [5.41, 5.74) is -0.0942. The first-order valence-electron chi connectivity index (χ1n) is 8.39. The highest BCUT2D eigenvalue weighted by Crippen LogP contribution is 2.36. The lowest BCUT2D eigenvalue weighted by Gasteiger charge is -2.31. The van der Waals surface area contributed by atoms with Gasteiger partial charge in [0.15, 0.2) is 0 Å². The molecule has 0 bridgehead atoms. The van der Waals surface area contributed by atoms with Crippen molar-refractivity contribution in [2.75, 3.05) is 7.05 Å². The van der Waals surface area contributed by atoms with Crippen molar-refractivity contribution in [3.05, 3.63) is 0 Å². The molecule has 1 amide bonds. The van der Waals surface area contributed by atoms with Crippen molar-refractivity contribution in [2.24, 2.45) is 5.41 Å². The van der Waals surface area contributed by atoms with E-state index in [0.717, 1.165) is 32.1 Å². The zero-order valence-electron chi connectivity index (χ0n) is 13.7. The van der Waals surface area contributed by atoms with E-state index in [2.05, 4.69) is 26.1 Å². The fourth-order valence-corrected chi connectivity index (χ4v) is 3.18. The standard InChI is InChI=1S/C17H35NO/c1-5-8-9-10-11-12-15-17(13-6-2,14-7-3)16(19)18-4/h5-15H2,1-4H3,(H,18,19). The minimum Gasteiger partial charge on any atom is -0.359 e. The van der Waals surface area contributed by atoms with Crippen LogP contribution in [-0.2, 0) is 4.79 Å². The summed E-state index contributed by atoms with van der Waals surface area (Å²) in [6, 6.07) is 0. The predicted octanol–water partition coefficient (Wildman–Crippen LogP) is 5.07. The lowest BCUT2D eigenvalue weighted by molar-refractivity contribution is -0.132. The number of hydrogen-bond acceptors (Lipinski definition) is 1. The van der Waals surface area contributed by atoms with Gasteiger partial charge in [0.2, 0.25) is 5.91 Å². The number of rotatable bonds is 12. The second-order valence-corrected chi connectivity index (χ2v) is 5.88. The topological polar surface area (TPSA) is 29.1 Å². The van der Waals surface area contributed by atoms with Crippen molar-refractivity contribution in [2.45, 2.75) is 91.4 Å². The fraction of sp³-hybridized carbons (Fsp3) is 0.941. The van der Waals surface area contributed by atoms with E-state index < -0.39 is 0 Å². The van der Waals surface area contributed by atoms with E-state index in [0.29, 0.717) is 0 Å². The Bertz CT molecular complexity index is 219. The third kappa shape index (κ3) is 6.98. The number of amides is 1. The Hall–Kier alpha value is -0.530. The molecule has 0 heterocycles. The van der Waals surface area contributed by atoms with Crippen LogP contribution in [0.15, 0.2) is 0 Å². The van der Waals surface area contributed by atoms with Crippen LogP contribution in [0.3, 0.4) is 0 Å². The zero-order chi connectivity index (χ0) is 14.6. The average molecular weight is 269 g/mol. The molecule has 19 heavy (non-hydrogen) atoms. The highest BCUT2D eigenvalue weighted by atomic mass is 16.2. The molecule has 0 saturated carbocycles. The monoisotopic (exact) mass is 269 g/mol. The molecular weight excluding hydrogens is 234 g/mol. The van der Waals surface area contributed by atoms with E-state index in [9.17, 15) is 4.79 Å². The fourth-order valence-electron chi connectivity index (χ4n) is 3.18. The quantitative estimate of drug-likeness (QED) is 0.492. The number of unbranched alkanes of at least 4 members (excludes halogenated alkanes) is 5. The van der Waals surface area contributed by atoms with Crippen molar-refractivity contribution < 1.29 is 4.79 Å². The molecule has 0 unspecified atom stereocenters. The van der Waals surface area contributed by atoms with Crippen LogP contribution in [0, 0.1) is 5.41 Å². The molecule has 0 radical (unpaired) electrons. The van der Waals surface area contributed by atoms with Gasteiger partial charge in [-0.1, -0.05) is 72.1 Å². The van der Waals surface area contributed by atoms with Gasteiger partial charge in [0.1, 0.15) is 0 Å². The Morgan fingerprint density at radius 3 is 1.79 bits per heavy atom. The van der Waals surface area contributed by atoms with Crippen LogP contribution in [0.1, 0.15) is 91.4 Å². The van der Waals surface area contributed by atoms with Gasteiger partial charge in [-0.2, -0.15) is 0 Å². The first-order valence-corrected chi connectivity index (χ1v) is 8.39. The molecule has 0 aliphatic carbocycles. The molecule has 1 N–H and O–H groups in total. The normalized spacial score (nSPS) is 11.6. The van der Waals surface area contributed by atoms with E-state index in [4.69, 9.17) is 0 Å². The highest BCUT2D eigenvalue weighted by molar-refractivity contribution is 5.82. The maximum absolute atomic E-state index is 12.3. The molecule has 0 saturated heterocycles. The summed E-state index contributed by atoms with van der Waals surface area (Å²) in [6.07, 6.45) is 13.2. The maximum atomic E-state index is 12.3. The van der Waals surface area contributed by atoms with Crippen molar-refractivity contribution in [3.63, 3.8) is 0 Å². The Kier molecular flexibility index (Phi) is 11.0. The van der Waals surface area contributed by atoms with Crippen molar-refractivity contribution >= 4 is 5.91 Å². The van der Waals surface area contributed by atoms with Gasteiger partial charge in [-0.05, 0) is 19.3 Å². The number of carbonyl (C=O) groups is 1. The van der Waals surface area contributed by atoms with Crippen LogP contribution in [-0.4, -0.2) is 13.0 Å². The molecular formula is C17H35NO. The second kappa shape index (κ2) is 11.3. The zero-order valence-corrected chi connectivity index (χ0v) is 13.7. The van der Waals surface area contributed by atoms with Crippen LogP contribution < -0.4 is 5.32 Å². The van der Waals surface area contributed by atoms with Crippen LogP contribution in [0.2, 0.25) is 0 Å². The Morgan fingerprint density at radius 2 is 1.32 bits per heavy atom. The third-order valence-corrected chi connectivity index (χ3v) is 4.17. The van der Waals surface area contributed by atoms with E-state index in [1.54, 1.807) is 7.05 Å². The summed E-state index contributed by atoms with van der Waals surface area (Å²) >= 11 is 0. The number of hydrogen-bond donors (Lipinski definition) is 1. The molecule has 114 valence electrons. The van der Waals surface area contributed by atoms with Gasteiger partial charge in [-0.3, -0.25) is 4.79 Å². The van der Waals surface area contributed by atoms with Gasteiger partial charge in [-0.15, -0.1) is 0 Å². The summed E-state index contributed by atoms with van der Waals surface area (Å²) in [4.78, 5) is 12.3. The van der Waals surface area contributed by atoms with Crippen molar-refractivity contribution in [1.82, 2.24) is 5.32 Å². The smallest absolute Gasteiger partial charge is 0.225 e. The Labute approximate surface area is 120 Å². The molecule has 0 spiro atoms. The van der Waals surface area contributed by atoms with Gasteiger partial charge in [-0.25, -0.2) is 0 Å². The van der Waals surface area contributed by atoms with Crippen LogP contribution >= 0.6 is 0 Å². The molecule has 0 rings (SSSR count). The van der Waals surface area contributed by atoms with E-state index in [1.165, 1.54) is 38.5 Å². The van der Waals surface area contributed by atoms with Gasteiger partial charge in [0.25, 0.3) is 0 Å². The molecule has 0 aromatic rings. The molecule has 0 aliphatic heterocycles. The SMILES string of the molecule is CCCCCCCCC(CCC)(CCC)C(=O)NC. The Morgan fingerprint density at radius 1 is 0.789 bits per heavy atom. The Balaban J connectivity index is 4.27. The first kappa shape index (κ1) is 18.5. The molecule has 0 aliphatic rings. The summed E-state index contributed by atoms with van der Waals surface area (Å²) in [6.45, 7) is 6.63. The first-order chi connectivity index (χ1) is 9.16. The minimum atomic E-state index is -0.0942. The average Bonchev–Trinajstić information content (AvgIpc) is 2.42.